The summed E-state index contributed by atoms with van der Waals surface area (Å²) in [6, 6.07) is 4.12. The maximum atomic E-state index is 12.7. The molecular formula is C17H18ClF3N4O3. The van der Waals surface area contributed by atoms with Crippen LogP contribution >= 0.6 is 11.6 Å². The van der Waals surface area contributed by atoms with E-state index in [2.05, 4.69) is 14.6 Å². The van der Waals surface area contributed by atoms with Crippen molar-refractivity contribution in [3.8, 4) is 5.75 Å². The Bertz CT molecular complexity index is 940. The van der Waals surface area contributed by atoms with Gasteiger partial charge in [0.25, 0.3) is 5.56 Å². The first-order valence-corrected chi connectivity index (χ1v) is 9.00. The number of halogens is 4. The number of alkyl halides is 3. The molecular weight excluding hydrogens is 401 g/mol. The monoisotopic (exact) mass is 418 g/mol. The van der Waals surface area contributed by atoms with Crippen molar-refractivity contribution in [2.75, 3.05) is 19.6 Å². The van der Waals surface area contributed by atoms with E-state index in [9.17, 15) is 22.8 Å². The number of ether oxygens (including phenoxy) is 1. The number of piperidine rings is 1. The summed E-state index contributed by atoms with van der Waals surface area (Å²) in [6.07, 6.45) is -3.57. The molecule has 0 amide bonds. The van der Waals surface area contributed by atoms with Crippen LogP contribution in [0.25, 0.3) is 11.0 Å². The predicted molar refractivity (Wildman–Crippen MR) is 96.4 cm³/mol. The van der Waals surface area contributed by atoms with E-state index in [1.54, 1.807) is 0 Å². The van der Waals surface area contributed by atoms with E-state index in [1.165, 1.54) is 16.7 Å². The molecule has 0 aliphatic carbocycles. The Kier molecular flexibility index (Phi) is 5.92. The number of pyridine rings is 2. The first kappa shape index (κ1) is 20.6. The number of fused-ring (bicyclic) bond motifs is 1. The molecule has 0 aromatic carbocycles. The Morgan fingerprint density at radius 1 is 1.29 bits per heavy atom. The van der Waals surface area contributed by atoms with Crippen molar-refractivity contribution in [3.05, 3.63) is 33.7 Å². The number of carbonyl (C=O) groups is 1. The summed E-state index contributed by atoms with van der Waals surface area (Å²) in [5, 5.41) is 0.458. The highest BCUT2D eigenvalue weighted by Gasteiger charge is 2.42. The van der Waals surface area contributed by atoms with E-state index in [1.807, 2.05) is 0 Å². The molecule has 0 saturated carbocycles. The number of aromatic nitrogens is 2. The molecule has 2 aromatic heterocycles. The molecule has 0 unspecified atom stereocenters. The van der Waals surface area contributed by atoms with Gasteiger partial charge in [0.2, 0.25) is 0 Å². The Morgan fingerprint density at radius 2 is 1.96 bits per heavy atom. The van der Waals surface area contributed by atoms with Crippen LogP contribution in [0.5, 0.6) is 5.75 Å². The van der Waals surface area contributed by atoms with Crippen LogP contribution in [-0.4, -0.2) is 52.3 Å². The van der Waals surface area contributed by atoms with Gasteiger partial charge in [-0.05, 0) is 44.1 Å². The van der Waals surface area contributed by atoms with E-state index in [4.69, 9.17) is 17.3 Å². The molecule has 0 radical (unpaired) electrons. The first-order valence-electron chi connectivity index (χ1n) is 8.62. The molecule has 152 valence electrons. The zero-order valence-electron chi connectivity index (χ0n) is 14.7. The van der Waals surface area contributed by atoms with Crippen molar-refractivity contribution in [3.63, 3.8) is 0 Å². The summed E-state index contributed by atoms with van der Waals surface area (Å²) >= 11 is 5.91. The fraction of sp³-hybridized carbons (Fsp3) is 0.471. The average molecular weight is 419 g/mol. The van der Waals surface area contributed by atoms with E-state index < -0.39 is 23.5 Å². The average Bonchev–Trinajstić information content (AvgIpc) is 2.63. The van der Waals surface area contributed by atoms with Crippen LogP contribution in [0, 0.1) is 0 Å². The SMILES string of the molecule is NC1CCN(CCn2c(=O)c(OC(=O)C(F)(F)F)cc3ccc(Cl)nc32)CC1. The number of nitrogens with zero attached hydrogens (tertiary/aromatic N) is 3. The minimum absolute atomic E-state index is 0.129. The number of likely N-dealkylation sites (tertiary alicyclic amines) is 1. The summed E-state index contributed by atoms with van der Waals surface area (Å²) in [7, 11) is 0. The highest BCUT2D eigenvalue weighted by atomic mass is 35.5. The number of esters is 1. The van der Waals surface area contributed by atoms with Crippen LogP contribution < -0.4 is 16.0 Å². The van der Waals surface area contributed by atoms with E-state index in [0.29, 0.717) is 11.9 Å². The third-order valence-electron chi connectivity index (χ3n) is 4.58. The van der Waals surface area contributed by atoms with Crippen molar-refractivity contribution < 1.29 is 22.7 Å². The molecule has 3 rings (SSSR count). The Hall–Kier alpha value is -2.17. The van der Waals surface area contributed by atoms with Crippen LogP contribution in [0.1, 0.15) is 12.8 Å². The fourth-order valence-corrected chi connectivity index (χ4v) is 3.20. The second kappa shape index (κ2) is 8.06. The molecule has 0 atom stereocenters. The van der Waals surface area contributed by atoms with Crippen LogP contribution in [0.2, 0.25) is 5.15 Å². The Balaban J connectivity index is 1.94. The standard InChI is InChI=1S/C17H18ClF3N4O3/c18-13-2-1-10-9-12(28-16(27)17(19,20)21)15(26)25(14(10)23-13)8-7-24-5-3-11(22)4-6-24/h1-2,9,11H,3-8,22H2. The fourth-order valence-electron chi connectivity index (χ4n) is 3.05. The number of hydrogen-bond acceptors (Lipinski definition) is 6. The van der Waals surface area contributed by atoms with E-state index in [0.717, 1.165) is 32.0 Å². The lowest BCUT2D eigenvalue weighted by molar-refractivity contribution is -0.189. The highest BCUT2D eigenvalue weighted by Crippen LogP contribution is 2.22. The molecule has 2 aromatic rings. The highest BCUT2D eigenvalue weighted by molar-refractivity contribution is 6.29. The molecule has 0 spiro atoms. The quantitative estimate of drug-likeness (QED) is 0.603. The smallest absolute Gasteiger partial charge is 0.414 e. The second-order valence-electron chi connectivity index (χ2n) is 6.58. The number of nitrogens with two attached hydrogens (primary N) is 1. The van der Waals surface area contributed by atoms with Gasteiger partial charge >= 0.3 is 12.1 Å². The van der Waals surface area contributed by atoms with Crippen LogP contribution in [0.15, 0.2) is 23.0 Å². The van der Waals surface area contributed by atoms with Crippen molar-refractivity contribution in [2.24, 2.45) is 5.73 Å². The van der Waals surface area contributed by atoms with Crippen LogP contribution in [-0.2, 0) is 11.3 Å². The van der Waals surface area contributed by atoms with Gasteiger partial charge < -0.3 is 15.4 Å². The zero-order valence-corrected chi connectivity index (χ0v) is 15.5. The molecule has 11 heteroatoms. The van der Waals surface area contributed by atoms with Crippen molar-refractivity contribution in [1.82, 2.24) is 14.5 Å². The summed E-state index contributed by atoms with van der Waals surface area (Å²) in [5.74, 6) is -3.16. The maximum absolute atomic E-state index is 12.7. The molecule has 1 aliphatic rings. The molecule has 7 nitrogen and oxygen atoms in total. The lowest BCUT2D eigenvalue weighted by atomic mass is 10.1. The van der Waals surface area contributed by atoms with E-state index in [-0.39, 0.29) is 23.4 Å². The van der Waals surface area contributed by atoms with Crippen molar-refractivity contribution in [2.45, 2.75) is 31.6 Å². The number of hydrogen-bond donors (Lipinski definition) is 1. The van der Waals surface area contributed by atoms with Gasteiger partial charge in [-0.25, -0.2) is 9.78 Å². The summed E-state index contributed by atoms with van der Waals surface area (Å²) in [6.45, 7) is 2.12. The summed E-state index contributed by atoms with van der Waals surface area (Å²) in [5.41, 5.74) is 5.20. The van der Waals surface area contributed by atoms with Gasteiger partial charge in [-0.2, -0.15) is 13.2 Å². The Labute approximate surface area is 162 Å². The predicted octanol–water partition coefficient (Wildman–Crippen LogP) is 1.94. The molecule has 0 bridgehead atoms. The zero-order chi connectivity index (χ0) is 20.5. The molecule has 1 aliphatic heterocycles. The molecule has 1 saturated heterocycles. The summed E-state index contributed by atoms with van der Waals surface area (Å²) in [4.78, 5) is 30.1. The largest absolute Gasteiger partial charge is 0.491 e. The minimum atomic E-state index is -5.21. The van der Waals surface area contributed by atoms with Crippen LogP contribution in [0.4, 0.5) is 13.2 Å². The number of carbonyl (C=O) groups excluding carboxylic acids is 1. The second-order valence-corrected chi connectivity index (χ2v) is 6.97. The molecule has 2 N–H and O–H groups in total. The summed E-state index contributed by atoms with van der Waals surface area (Å²) < 4.78 is 43.1. The lowest BCUT2D eigenvalue weighted by Crippen LogP contribution is -2.41. The Morgan fingerprint density at radius 3 is 2.61 bits per heavy atom. The number of rotatable bonds is 4. The molecule has 28 heavy (non-hydrogen) atoms. The third-order valence-corrected chi connectivity index (χ3v) is 4.79. The van der Waals surface area contributed by atoms with Gasteiger partial charge in [0.1, 0.15) is 10.8 Å². The normalized spacial score (nSPS) is 16.5. The minimum Gasteiger partial charge on any atom is -0.414 e. The van der Waals surface area contributed by atoms with Gasteiger partial charge in [-0.15, -0.1) is 0 Å². The molecule has 3 heterocycles. The first-order chi connectivity index (χ1) is 13.1. The molecule has 1 fully saturated rings. The lowest BCUT2D eigenvalue weighted by Gasteiger charge is -2.30. The third kappa shape index (κ3) is 4.62. The van der Waals surface area contributed by atoms with Gasteiger partial charge in [0.15, 0.2) is 5.75 Å². The van der Waals surface area contributed by atoms with Gasteiger partial charge in [-0.3, -0.25) is 9.36 Å². The topological polar surface area (TPSA) is 90.5 Å². The van der Waals surface area contributed by atoms with Crippen molar-refractivity contribution >= 4 is 28.6 Å². The van der Waals surface area contributed by atoms with Gasteiger partial charge in [-0.1, -0.05) is 11.6 Å². The van der Waals surface area contributed by atoms with Gasteiger partial charge in [0, 0.05) is 24.5 Å². The maximum Gasteiger partial charge on any atom is 0.491 e. The van der Waals surface area contributed by atoms with E-state index >= 15 is 0 Å². The van der Waals surface area contributed by atoms with Crippen molar-refractivity contribution in [1.29, 1.82) is 0 Å². The van der Waals surface area contributed by atoms with Crippen LogP contribution in [0.3, 0.4) is 0 Å². The van der Waals surface area contributed by atoms with Gasteiger partial charge in [0.05, 0.1) is 0 Å².